The summed E-state index contributed by atoms with van der Waals surface area (Å²) in [5.41, 5.74) is 2.71. The Bertz CT molecular complexity index is 521. The number of aryl methyl sites for hydroxylation is 1. The van der Waals surface area contributed by atoms with Gasteiger partial charge in [0.1, 0.15) is 0 Å². The van der Waals surface area contributed by atoms with Crippen LogP contribution in [0.25, 0.3) is 11.3 Å². The van der Waals surface area contributed by atoms with Crippen molar-refractivity contribution in [1.29, 1.82) is 0 Å². The van der Waals surface area contributed by atoms with E-state index in [9.17, 15) is 4.79 Å². The lowest BCUT2D eigenvalue weighted by molar-refractivity contribution is 0.0697. The molecular weight excluding hydrogens is 204 g/mol. The van der Waals surface area contributed by atoms with Crippen molar-refractivity contribution < 1.29 is 9.90 Å². The van der Waals surface area contributed by atoms with Crippen molar-refractivity contribution in [1.82, 2.24) is 9.97 Å². The van der Waals surface area contributed by atoms with E-state index in [-0.39, 0.29) is 5.56 Å². The van der Waals surface area contributed by atoms with E-state index in [1.807, 2.05) is 6.92 Å². The van der Waals surface area contributed by atoms with E-state index in [1.165, 1.54) is 0 Å². The van der Waals surface area contributed by atoms with Gasteiger partial charge in [0.2, 0.25) is 0 Å². The van der Waals surface area contributed by atoms with Crippen LogP contribution in [0, 0.1) is 6.92 Å². The first-order chi connectivity index (χ1) is 7.66. The average molecular weight is 214 g/mol. The summed E-state index contributed by atoms with van der Waals surface area (Å²) in [5.74, 6) is -0.929. The molecule has 1 aromatic carbocycles. The molecule has 1 aromatic heterocycles. The Kier molecular flexibility index (Phi) is 2.64. The number of carboxylic acids is 1. The molecule has 1 N–H and O–H groups in total. The lowest BCUT2D eigenvalue weighted by atomic mass is 10.1. The predicted octanol–water partition coefficient (Wildman–Crippen LogP) is 2.15. The van der Waals surface area contributed by atoms with Crippen molar-refractivity contribution >= 4 is 5.97 Å². The maximum atomic E-state index is 10.7. The smallest absolute Gasteiger partial charge is 0.335 e. The first-order valence-electron chi connectivity index (χ1n) is 4.79. The molecule has 0 aliphatic rings. The maximum Gasteiger partial charge on any atom is 0.335 e. The van der Waals surface area contributed by atoms with Crippen LogP contribution >= 0.6 is 0 Å². The fourth-order valence-electron chi connectivity index (χ4n) is 1.39. The minimum atomic E-state index is -0.929. The largest absolute Gasteiger partial charge is 0.478 e. The van der Waals surface area contributed by atoms with Crippen LogP contribution < -0.4 is 0 Å². The molecule has 0 saturated carbocycles. The molecule has 1 heterocycles. The Morgan fingerprint density at radius 2 is 1.88 bits per heavy atom. The first-order valence-corrected chi connectivity index (χ1v) is 4.79. The highest BCUT2D eigenvalue weighted by Crippen LogP contribution is 2.16. The van der Waals surface area contributed by atoms with Crippen molar-refractivity contribution in [2.45, 2.75) is 6.92 Å². The number of carbonyl (C=O) groups is 1. The Hall–Kier alpha value is -2.23. The van der Waals surface area contributed by atoms with Crippen LogP contribution in [0.3, 0.4) is 0 Å². The van der Waals surface area contributed by atoms with Gasteiger partial charge >= 0.3 is 5.97 Å². The zero-order valence-electron chi connectivity index (χ0n) is 8.71. The molecule has 0 aliphatic carbocycles. The van der Waals surface area contributed by atoms with E-state index in [4.69, 9.17) is 5.11 Å². The molecule has 0 radical (unpaired) electrons. The van der Waals surface area contributed by atoms with Crippen LogP contribution in [0.1, 0.15) is 16.1 Å². The van der Waals surface area contributed by atoms with Gasteiger partial charge in [0.25, 0.3) is 0 Å². The van der Waals surface area contributed by atoms with Crippen LogP contribution in [0.5, 0.6) is 0 Å². The van der Waals surface area contributed by atoms with E-state index >= 15 is 0 Å². The monoisotopic (exact) mass is 214 g/mol. The normalized spacial score (nSPS) is 10.1. The van der Waals surface area contributed by atoms with Gasteiger partial charge in [-0.05, 0) is 19.1 Å². The third-order valence-electron chi connectivity index (χ3n) is 2.18. The average Bonchev–Trinajstić information content (AvgIpc) is 2.29. The van der Waals surface area contributed by atoms with Gasteiger partial charge in [0.15, 0.2) is 0 Å². The minimum Gasteiger partial charge on any atom is -0.478 e. The van der Waals surface area contributed by atoms with Crippen molar-refractivity contribution in [2.75, 3.05) is 0 Å². The van der Waals surface area contributed by atoms with Crippen LogP contribution in [0.4, 0.5) is 0 Å². The second-order valence-corrected chi connectivity index (χ2v) is 3.43. The maximum absolute atomic E-state index is 10.7. The predicted molar refractivity (Wildman–Crippen MR) is 59.2 cm³/mol. The highest BCUT2D eigenvalue weighted by molar-refractivity contribution is 5.88. The molecule has 4 heteroatoms. The lowest BCUT2D eigenvalue weighted by Crippen LogP contribution is -1.95. The zero-order chi connectivity index (χ0) is 11.5. The zero-order valence-corrected chi connectivity index (χ0v) is 8.71. The van der Waals surface area contributed by atoms with E-state index in [2.05, 4.69) is 9.97 Å². The molecule has 0 saturated heterocycles. The molecule has 0 bridgehead atoms. The molecule has 4 nitrogen and oxygen atoms in total. The van der Waals surface area contributed by atoms with Gasteiger partial charge in [0.05, 0.1) is 23.1 Å². The summed E-state index contributed by atoms with van der Waals surface area (Å²) < 4.78 is 0. The highest BCUT2D eigenvalue weighted by Gasteiger charge is 2.04. The summed E-state index contributed by atoms with van der Waals surface area (Å²) >= 11 is 0. The third-order valence-corrected chi connectivity index (χ3v) is 2.18. The molecule has 0 spiro atoms. The fraction of sp³-hybridized carbons (Fsp3) is 0.0833. The molecule has 2 aromatic rings. The molecular formula is C12H10N2O2. The van der Waals surface area contributed by atoms with Crippen molar-refractivity contribution in [2.24, 2.45) is 0 Å². The summed E-state index contributed by atoms with van der Waals surface area (Å²) in [4.78, 5) is 19.0. The van der Waals surface area contributed by atoms with Crippen molar-refractivity contribution in [3.8, 4) is 11.3 Å². The van der Waals surface area contributed by atoms with Crippen LogP contribution in [-0.4, -0.2) is 21.0 Å². The van der Waals surface area contributed by atoms with Crippen molar-refractivity contribution in [3.63, 3.8) is 0 Å². The van der Waals surface area contributed by atoms with Gasteiger partial charge < -0.3 is 5.11 Å². The second-order valence-electron chi connectivity index (χ2n) is 3.43. The van der Waals surface area contributed by atoms with Crippen LogP contribution in [0.2, 0.25) is 0 Å². The van der Waals surface area contributed by atoms with Gasteiger partial charge in [-0.2, -0.15) is 0 Å². The number of benzene rings is 1. The van der Waals surface area contributed by atoms with Gasteiger partial charge in [-0.15, -0.1) is 0 Å². The topological polar surface area (TPSA) is 63.1 Å². The van der Waals surface area contributed by atoms with Crippen LogP contribution in [0.15, 0.2) is 36.7 Å². The summed E-state index contributed by atoms with van der Waals surface area (Å²) in [6.07, 6.45) is 3.33. The van der Waals surface area contributed by atoms with Gasteiger partial charge in [0, 0.05) is 11.8 Å². The minimum absolute atomic E-state index is 0.268. The fourth-order valence-corrected chi connectivity index (χ4v) is 1.39. The SMILES string of the molecule is Cc1cncc(-c2ccc(C(=O)O)cc2)n1. The first kappa shape index (κ1) is 10.3. The van der Waals surface area contributed by atoms with Gasteiger partial charge in [-0.1, -0.05) is 12.1 Å². The molecule has 0 aliphatic heterocycles. The van der Waals surface area contributed by atoms with Gasteiger partial charge in [-0.3, -0.25) is 4.98 Å². The van der Waals surface area contributed by atoms with Crippen LogP contribution in [-0.2, 0) is 0 Å². The van der Waals surface area contributed by atoms with E-state index in [0.29, 0.717) is 0 Å². The lowest BCUT2D eigenvalue weighted by Gasteiger charge is -2.01. The molecule has 0 unspecified atom stereocenters. The Morgan fingerprint density at radius 1 is 1.19 bits per heavy atom. The molecule has 0 atom stereocenters. The number of aromatic carboxylic acids is 1. The molecule has 2 rings (SSSR count). The molecule has 80 valence electrons. The number of aromatic nitrogens is 2. The Morgan fingerprint density at radius 3 is 2.44 bits per heavy atom. The molecule has 0 amide bonds. The van der Waals surface area contributed by atoms with Gasteiger partial charge in [-0.25, -0.2) is 9.78 Å². The highest BCUT2D eigenvalue weighted by atomic mass is 16.4. The standard InChI is InChI=1S/C12H10N2O2/c1-8-6-13-7-11(14-8)9-2-4-10(5-3-9)12(15)16/h2-7H,1H3,(H,15,16). The molecule has 16 heavy (non-hydrogen) atoms. The second kappa shape index (κ2) is 4.10. The van der Waals surface area contributed by atoms with E-state index in [1.54, 1.807) is 36.7 Å². The van der Waals surface area contributed by atoms with E-state index in [0.717, 1.165) is 17.0 Å². The number of nitrogens with zero attached hydrogens (tertiary/aromatic N) is 2. The summed E-state index contributed by atoms with van der Waals surface area (Å²) in [6.45, 7) is 1.86. The van der Waals surface area contributed by atoms with E-state index < -0.39 is 5.97 Å². The Balaban J connectivity index is 2.38. The Labute approximate surface area is 92.6 Å². The molecule has 0 fully saturated rings. The number of carboxylic acid groups (broad SMARTS) is 1. The summed E-state index contributed by atoms with van der Waals surface area (Å²) in [7, 11) is 0. The number of rotatable bonds is 2. The quantitative estimate of drug-likeness (QED) is 0.831. The summed E-state index contributed by atoms with van der Waals surface area (Å²) in [6, 6.07) is 6.57. The summed E-state index contributed by atoms with van der Waals surface area (Å²) in [5, 5.41) is 8.76. The number of hydrogen-bond acceptors (Lipinski definition) is 3. The third kappa shape index (κ3) is 2.06. The van der Waals surface area contributed by atoms with Crippen molar-refractivity contribution in [3.05, 3.63) is 47.9 Å². The number of hydrogen-bond donors (Lipinski definition) is 1.